The summed E-state index contributed by atoms with van der Waals surface area (Å²) in [7, 11) is 1.71. The van der Waals surface area contributed by atoms with Crippen LogP contribution in [0.5, 0.6) is 17.2 Å². The van der Waals surface area contributed by atoms with Crippen LogP contribution >= 0.6 is 0 Å². The van der Waals surface area contributed by atoms with Gasteiger partial charge in [-0.25, -0.2) is 0 Å². The molecular formula is C31H39N3O3. The van der Waals surface area contributed by atoms with Crippen LogP contribution in [0.1, 0.15) is 57.4 Å². The average molecular weight is 502 g/mol. The van der Waals surface area contributed by atoms with Gasteiger partial charge in [0.1, 0.15) is 6.73 Å². The maximum atomic E-state index is 6.75. The standard InChI is InChI=1S/C31H39N3O3/c1-24-11-8-9-20-33(24)23-36-29-18-17-28(30(31(29)35-2)37-27-15-6-7-16-27)34(26-13-4-3-5-14-26)22-25-12-10-19-32-21-25/h3-5,10,12-14,17-19,21,24,27H,6-9,11,15-16,20,22-23H2,1-2H3. The first-order valence-corrected chi connectivity index (χ1v) is 13.7. The molecule has 1 aliphatic heterocycles. The number of methoxy groups -OCH3 is 1. The third kappa shape index (κ3) is 6.19. The van der Waals surface area contributed by atoms with Gasteiger partial charge in [0.05, 0.1) is 18.9 Å². The third-order valence-corrected chi connectivity index (χ3v) is 7.59. The molecular weight excluding hydrogens is 462 g/mol. The van der Waals surface area contributed by atoms with E-state index >= 15 is 0 Å². The molecule has 2 heterocycles. The second-order valence-corrected chi connectivity index (χ2v) is 10.2. The van der Waals surface area contributed by atoms with E-state index in [9.17, 15) is 0 Å². The summed E-state index contributed by atoms with van der Waals surface area (Å²) >= 11 is 0. The van der Waals surface area contributed by atoms with E-state index in [1.165, 1.54) is 32.1 Å². The quantitative estimate of drug-likeness (QED) is 0.299. The van der Waals surface area contributed by atoms with E-state index in [-0.39, 0.29) is 6.10 Å². The molecule has 0 spiro atoms. The van der Waals surface area contributed by atoms with Gasteiger partial charge in [0, 0.05) is 37.2 Å². The smallest absolute Gasteiger partial charge is 0.205 e. The monoisotopic (exact) mass is 501 g/mol. The molecule has 2 fully saturated rings. The Hall–Kier alpha value is -3.25. The summed E-state index contributed by atoms with van der Waals surface area (Å²) < 4.78 is 19.2. The van der Waals surface area contributed by atoms with Crippen molar-refractivity contribution in [3.63, 3.8) is 0 Å². The Kier molecular flexibility index (Phi) is 8.46. The predicted molar refractivity (Wildman–Crippen MR) is 148 cm³/mol. The molecule has 2 aliphatic rings. The van der Waals surface area contributed by atoms with Crippen LogP contribution in [0.3, 0.4) is 0 Å². The summed E-state index contributed by atoms with van der Waals surface area (Å²) in [5.74, 6) is 2.15. The van der Waals surface area contributed by atoms with Gasteiger partial charge >= 0.3 is 0 Å². The molecule has 196 valence electrons. The van der Waals surface area contributed by atoms with E-state index in [0.717, 1.165) is 47.8 Å². The number of hydrogen-bond donors (Lipinski definition) is 0. The molecule has 0 N–H and O–H groups in total. The number of hydrogen-bond acceptors (Lipinski definition) is 6. The van der Waals surface area contributed by atoms with Gasteiger partial charge in [0.15, 0.2) is 11.5 Å². The highest BCUT2D eigenvalue weighted by Crippen LogP contribution is 2.48. The minimum atomic E-state index is 0.182. The van der Waals surface area contributed by atoms with Gasteiger partial charge in [-0.1, -0.05) is 30.7 Å². The Labute approximate surface area is 221 Å². The Morgan fingerprint density at radius 3 is 2.46 bits per heavy atom. The van der Waals surface area contributed by atoms with Crippen LogP contribution in [-0.2, 0) is 6.54 Å². The second kappa shape index (κ2) is 12.3. The van der Waals surface area contributed by atoms with E-state index < -0.39 is 0 Å². The molecule has 37 heavy (non-hydrogen) atoms. The number of pyridine rings is 1. The predicted octanol–water partition coefficient (Wildman–Crippen LogP) is 6.96. The van der Waals surface area contributed by atoms with Crippen molar-refractivity contribution in [3.8, 4) is 17.2 Å². The summed E-state index contributed by atoms with van der Waals surface area (Å²) in [6, 6.07) is 19.2. The molecule has 0 amide bonds. The summed E-state index contributed by atoms with van der Waals surface area (Å²) in [5, 5.41) is 0. The number of nitrogens with zero attached hydrogens (tertiary/aromatic N) is 3. The SMILES string of the molecule is COc1c(OCN2CCCCC2C)ccc(N(Cc2cccnc2)c2ccccc2)c1OC1CCCC1. The topological polar surface area (TPSA) is 47.1 Å². The third-order valence-electron chi connectivity index (χ3n) is 7.59. The number of para-hydroxylation sites is 1. The van der Waals surface area contributed by atoms with Gasteiger partial charge in [-0.3, -0.25) is 9.88 Å². The van der Waals surface area contributed by atoms with E-state index in [2.05, 4.69) is 58.1 Å². The molecule has 1 atom stereocenters. The molecule has 1 saturated heterocycles. The molecule has 5 rings (SSSR count). The highest BCUT2D eigenvalue weighted by Gasteiger charge is 2.27. The lowest BCUT2D eigenvalue weighted by atomic mass is 10.1. The van der Waals surface area contributed by atoms with Crippen molar-refractivity contribution >= 4 is 11.4 Å². The van der Waals surface area contributed by atoms with Gasteiger partial charge in [-0.05, 0) is 81.3 Å². The first-order valence-electron chi connectivity index (χ1n) is 13.7. The molecule has 1 aromatic heterocycles. The van der Waals surface area contributed by atoms with Crippen molar-refractivity contribution in [1.82, 2.24) is 9.88 Å². The van der Waals surface area contributed by atoms with Crippen molar-refractivity contribution in [2.75, 3.05) is 25.3 Å². The van der Waals surface area contributed by atoms with E-state index in [1.807, 2.05) is 30.6 Å². The lowest BCUT2D eigenvalue weighted by molar-refractivity contribution is 0.0639. The van der Waals surface area contributed by atoms with Crippen LogP contribution in [0.25, 0.3) is 0 Å². The number of rotatable bonds is 10. The van der Waals surface area contributed by atoms with Crippen LogP contribution in [-0.4, -0.2) is 42.4 Å². The molecule has 1 aliphatic carbocycles. The lowest BCUT2D eigenvalue weighted by Crippen LogP contribution is -2.39. The molecule has 0 radical (unpaired) electrons. The number of benzene rings is 2. The number of likely N-dealkylation sites (tertiary alicyclic amines) is 1. The van der Waals surface area contributed by atoms with Crippen molar-refractivity contribution in [2.24, 2.45) is 0 Å². The summed E-state index contributed by atoms with van der Waals surface area (Å²) in [6.45, 7) is 4.57. The van der Waals surface area contributed by atoms with Crippen LogP contribution in [0.15, 0.2) is 67.0 Å². The summed E-state index contributed by atoms with van der Waals surface area (Å²) in [6.07, 6.45) is 12.2. The van der Waals surface area contributed by atoms with Gasteiger partial charge in [0.25, 0.3) is 0 Å². The largest absolute Gasteiger partial charge is 0.490 e. The lowest BCUT2D eigenvalue weighted by Gasteiger charge is -2.33. The fourth-order valence-electron chi connectivity index (χ4n) is 5.44. The van der Waals surface area contributed by atoms with Crippen molar-refractivity contribution in [3.05, 3.63) is 72.6 Å². The molecule has 0 bridgehead atoms. The van der Waals surface area contributed by atoms with E-state index in [4.69, 9.17) is 14.2 Å². The maximum absolute atomic E-state index is 6.75. The van der Waals surface area contributed by atoms with Crippen molar-refractivity contribution < 1.29 is 14.2 Å². The van der Waals surface area contributed by atoms with Gasteiger partial charge < -0.3 is 19.1 Å². The fourth-order valence-corrected chi connectivity index (χ4v) is 5.44. The Morgan fingerprint density at radius 2 is 1.73 bits per heavy atom. The van der Waals surface area contributed by atoms with Gasteiger partial charge in [-0.15, -0.1) is 0 Å². The number of piperidine rings is 1. The number of aromatic nitrogens is 1. The second-order valence-electron chi connectivity index (χ2n) is 10.2. The zero-order chi connectivity index (χ0) is 25.5. The maximum Gasteiger partial charge on any atom is 0.205 e. The normalized spacial score (nSPS) is 18.5. The Bertz CT molecular complexity index is 1120. The van der Waals surface area contributed by atoms with Crippen LogP contribution in [0, 0.1) is 0 Å². The highest BCUT2D eigenvalue weighted by molar-refractivity contribution is 5.75. The zero-order valence-corrected chi connectivity index (χ0v) is 22.1. The van der Waals surface area contributed by atoms with Gasteiger partial charge in [-0.2, -0.15) is 0 Å². The first kappa shape index (κ1) is 25.4. The first-order chi connectivity index (χ1) is 18.2. The minimum Gasteiger partial charge on any atom is -0.490 e. The number of ether oxygens (including phenoxy) is 3. The van der Waals surface area contributed by atoms with E-state index in [0.29, 0.717) is 25.1 Å². The Morgan fingerprint density at radius 1 is 0.919 bits per heavy atom. The number of anilines is 2. The average Bonchev–Trinajstić information content (AvgIpc) is 3.46. The molecule has 3 aromatic rings. The van der Waals surface area contributed by atoms with E-state index in [1.54, 1.807) is 7.11 Å². The minimum absolute atomic E-state index is 0.182. The molecule has 6 heteroatoms. The van der Waals surface area contributed by atoms with Crippen LogP contribution in [0.2, 0.25) is 0 Å². The molecule has 1 unspecified atom stereocenters. The summed E-state index contributed by atoms with van der Waals surface area (Å²) in [4.78, 5) is 9.03. The fraction of sp³-hybridized carbons (Fsp3) is 0.452. The molecule has 6 nitrogen and oxygen atoms in total. The molecule has 1 saturated carbocycles. The Balaban J connectivity index is 1.52. The zero-order valence-electron chi connectivity index (χ0n) is 22.1. The highest BCUT2D eigenvalue weighted by atomic mass is 16.5. The van der Waals surface area contributed by atoms with Crippen molar-refractivity contribution in [1.29, 1.82) is 0 Å². The van der Waals surface area contributed by atoms with Crippen LogP contribution in [0.4, 0.5) is 11.4 Å². The summed E-state index contributed by atoms with van der Waals surface area (Å²) in [5.41, 5.74) is 3.18. The van der Waals surface area contributed by atoms with Crippen LogP contribution < -0.4 is 19.1 Å². The molecule has 2 aromatic carbocycles. The van der Waals surface area contributed by atoms with Gasteiger partial charge in [0.2, 0.25) is 5.75 Å². The van der Waals surface area contributed by atoms with Crippen molar-refractivity contribution in [2.45, 2.75) is 70.6 Å².